The lowest BCUT2D eigenvalue weighted by molar-refractivity contribution is 0.101. The lowest BCUT2D eigenvalue weighted by Crippen LogP contribution is -1.94. The van der Waals surface area contributed by atoms with E-state index in [0.29, 0.717) is 10.8 Å². The molecule has 0 aliphatic heterocycles. The summed E-state index contributed by atoms with van der Waals surface area (Å²) < 4.78 is 6.44. The Hall–Kier alpha value is -1.07. The number of carbonyl (C=O) groups excluding carboxylic acids is 1. The molecular weight excluding hydrogens is 314 g/mol. The molecule has 0 aliphatic carbocycles. The van der Waals surface area contributed by atoms with E-state index in [1.807, 2.05) is 26.0 Å². The first-order valence-electron chi connectivity index (χ1n) is 5.39. The van der Waals surface area contributed by atoms with E-state index in [1.165, 1.54) is 11.8 Å². The number of oxazole rings is 1. The van der Waals surface area contributed by atoms with Crippen LogP contribution in [-0.2, 0) is 0 Å². The summed E-state index contributed by atoms with van der Waals surface area (Å²) >= 11 is 4.77. The minimum Gasteiger partial charge on any atom is -0.436 e. The maximum Gasteiger partial charge on any atom is 0.261 e. The van der Waals surface area contributed by atoms with Gasteiger partial charge in [0.2, 0.25) is 0 Å². The summed E-state index contributed by atoms with van der Waals surface area (Å²) in [6.45, 7) is 5.33. The third kappa shape index (κ3) is 2.84. The third-order valence-corrected chi connectivity index (χ3v) is 3.93. The van der Waals surface area contributed by atoms with Crippen molar-refractivity contribution in [2.45, 2.75) is 30.9 Å². The molecule has 0 amide bonds. The predicted molar refractivity (Wildman–Crippen MR) is 74.2 cm³/mol. The Balaban J connectivity index is 2.38. The molecule has 1 aromatic heterocycles. The molecular formula is C13H12BrNO2S. The van der Waals surface area contributed by atoms with E-state index in [1.54, 1.807) is 13.0 Å². The molecule has 0 bridgehead atoms. The van der Waals surface area contributed by atoms with E-state index < -0.39 is 0 Å². The number of hydrogen-bond donors (Lipinski definition) is 0. The standard InChI is InChI=1S/C13H12BrNO2S/c1-7-9(3)17-13(15-7)18-12-6-10(14)4-5-11(12)8(2)16/h4-6H,1-3H3. The Morgan fingerprint density at radius 3 is 2.67 bits per heavy atom. The van der Waals surface area contributed by atoms with Gasteiger partial charge in [-0.1, -0.05) is 15.9 Å². The van der Waals surface area contributed by atoms with E-state index in [-0.39, 0.29) is 5.78 Å². The van der Waals surface area contributed by atoms with Crippen LogP contribution in [0.15, 0.2) is 37.2 Å². The molecule has 18 heavy (non-hydrogen) atoms. The molecule has 0 spiro atoms. The van der Waals surface area contributed by atoms with Crippen LogP contribution in [0.3, 0.4) is 0 Å². The highest BCUT2D eigenvalue weighted by Gasteiger charge is 2.13. The summed E-state index contributed by atoms with van der Waals surface area (Å²) in [6.07, 6.45) is 0. The lowest BCUT2D eigenvalue weighted by atomic mass is 10.1. The first-order valence-corrected chi connectivity index (χ1v) is 7.00. The number of aromatic nitrogens is 1. The lowest BCUT2D eigenvalue weighted by Gasteiger charge is -2.04. The molecule has 2 aromatic rings. The van der Waals surface area contributed by atoms with Crippen LogP contribution in [0.5, 0.6) is 0 Å². The molecule has 0 N–H and O–H groups in total. The zero-order chi connectivity index (χ0) is 13.3. The minimum atomic E-state index is 0.0324. The average molecular weight is 326 g/mol. The van der Waals surface area contributed by atoms with Crippen LogP contribution < -0.4 is 0 Å². The van der Waals surface area contributed by atoms with Crippen LogP contribution in [0, 0.1) is 13.8 Å². The van der Waals surface area contributed by atoms with Gasteiger partial charge in [0.05, 0.1) is 5.69 Å². The Morgan fingerprint density at radius 2 is 2.11 bits per heavy atom. The van der Waals surface area contributed by atoms with Gasteiger partial charge in [0, 0.05) is 14.9 Å². The van der Waals surface area contributed by atoms with E-state index in [2.05, 4.69) is 20.9 Å². The summed E-state index contributed by atoms with van der Waals surface area (Å²) in [6, 6.07) is 5.56. The number of benzene rings is 1. The highest BCUT2D eigenvalue weighted by Crippen LogP contribution is 2.33. The van der Waals surface area contributed by atoms with Crippen molar-refractivity contribution in [2.24, 2.45) is 0 Å². The van der Waals surface area contributed by atoms with Gasteiger partial charge in [0.15, 0.2) is 5.78 Å². The number of rotatable bonds is 3. The van der Waals surface area contributed by atoms with Gasteiger partial charge in [-0.3, -0.25) is 4.79 Å². The number of halogens is 1. The van der Waals surface area contributed by atoms with E-state index in [9.17, 15) is 4.79 Å². The average Bonchev–Trinajstić information content (AvgIpc) is 2.57. The molecule has 0 radical (unpaired) electrons. The van der Waals surface area contributed by atoms with Gasteiger partial charge in [-0.25, -0.2) is 4.98 Å². The number of hydrogen-bond acceptors (Lipinski definition) is 4. The van der Waals surface area contributed by atoms with E-state index in [0.717, 1.165) is 20.8 Å². The Bertz CT molecular complexity index is 588. The van der Waals surface area contributed by atoms with E-state index in [4.69, 9.17) is 4.42 Å². The van der Waals surface area contributed by atoms with Crippen LogP contribution in [0.4, 0.5) is 0 Å². The van der Waals surface area contributed by atoms with Gasteiger partial charge in [-0.15, -0.1) is 0 Å². The second-order valence-electron chi connectivity index (χ2n) is 3.92. The van der Waals surface area contributed by atoms with Crippen molar-refractivity contribution in [1.29, 1.82) is 0 Å². The number of ketones is 1. The molecule has 3 nitrogen and oxygen atoms in total. The quantitative estimate of drug-likeness (QED) is 0.784. The van der Waals surface area contributed by atoms with Crippen molar-refractivity contribution in [2.75, 3.05) is 0 Å². The van der Waals surface area contributed by atoms with Gasteiger partial charge in [0.25, 0.3) is 5.22 Å². The summed E-state index contributed by atoms with van der Waals surface area (Å²) in [5, 5.41) is 0.561. The van der Waals surface area contributed by atoms with Crippen LogP contribution in [0.2, 0.25) is 0 Å². The number of carbonyl (C=O) groups is 1. The predicted octanol–water partition coefficient (Wildman–Crippen LogP) is 4.41. The minimum absolute atomic E-state index is 0.0324. The molecule has 1 heterocycles. The first kappa shape index (κ1) is 13.4. The van der Waals surface area contributed by atoms with Crippen LogP contribution in [-0.4, -0.2) is 10.8 Å². The highest BCUT2D eigenvalue weighted by atomic mass is 79.9. The summed E-state index contributed by atoms with van der Waals surface area (Å²) in [4.78, 5) is 16.7. The van der Waals surface area contributed by atoms with Gasteiger partial charge in [-0.2, -0.15) is 0 Å². The van der Waals surface area contributed by atoms with Crippen molar-refractivity contribution < 1.29 is 9.21 Å². The molecule has 0 saturated carbocycles. The maximum atomic E-state index is 11.6. The van der Waals surface area contributed by atoms with Gasteiger partial charge in [-0.05, 0) is 50.7 Å². The summed E-state index contributed by atoms with van der Waals surface area (Å²) in [5.41, 5.74) is 1.55. The monoisotopic (exact) mass is 325 g/mol. The first-order chi connectivity index (χ1) is 8.47. The fourth-order valence-corrected chi connectivity index (χ4v) is 3.01. The number of aryl methyl sites for hydroxylation is 2. The second-order valence-corrected chi connectivity index (χ2v) is 5.83. The normalized spacial score (nSPS) is 10.7. The Morgan fingerprint density at radius 1 is 1.39 bits per heavy atom. The zero-order valence-corrected chi connectivity index (χ0v) is 12.7. The van der Waals surface area contributed by atoms with Crippen LogP contribution >= 0.6 is 27.7 Å². The van der Waals surface area contributed by atoms with Crippen molar-refractivity contribution in [3.05, 3.63) is 39.7 Å². The Kier molecular flexibility index (Phi) is 3.92. The van der Waals surface area contributed by atoms with Gasteiger partial charge >= 0.3 is 0 Å². The number of Topliss-reactive ketones (excluding diaryl/α,β-unsaturated/α-hetero) is 1. The fraction of sp³-hybridized carbons (Fsp3) is 0.231. The van der Waals surface area contributed by atoms with Crippen molar-refractivity contribution in [1.82, 2.24) is 4.98 Å². The van der Waals surface area contributed by atoms with Gasteiger partial charge in [0.1, 0.15) is 5.76 Å². The van der Waals surface area contributed by atoms with Crippen LogP contribution in [0.25, 0.3) is 0 Å². The molecule has 0 unspecified atom stereocenters. The zero-order valence-electron chi connectivity index (χ0n) is 10.3. The van der Waals surface area contributed by atoms with Crippen LogP contribution in [0.1, 0.15) is 28.7 Å². The van der Waals surface area contributed by atoms with E-state index >= 15 is 0 Å². The van der Waals surface area contributed by atoms with Crippen molar-refractivity contribution >= 4 is 33.5 Å². The fourth-order valence-electron chi connectivity index (χ4n) is 1.45. The molecule has 0 fully saturated rings. The Labute approximate surface area is 118 Å². The van der Waals surface area contributed by atoms with Crippen molar-refractivity contribution in [3.63, 3.8) is 0 Å². The molecule has 2 rings (SSSR count). The van der Waals surface area contributed by atoms with Gasteiger partial charge < -0.3 is 4.42 Å². The highest BCUT2D eigenvalue weighted by molar-refractivity contribution is 9.10. The SMILES string of the molecule is CC(=O)c1ccc(Br)cc1Sc1nc(C)c(C)o1. The molecule has 94 valence electrons. The summed E-state index contributed by atoms with van der Waals surface area (Å²) in [5.74, 6) is 0.835. The molecule has 1 aromatic carbocycles. The topological polar surface area (TPSA) is 43.1 Å². The summed E-state index contributed by atoms with van der Waals surface area (Å²) in [7, 11) is 0. The molecule has 0 atom stereocenters. The second kappa shape index (κ2) is 5.28. The number of nitrogens with zero attached hydrogens (tertiary/aromatic N) is 1. The smallest absolute Gasteiger partial charge is 0.261 e. The molecule has 5 heteroatoms. The van der Waals surface area contributed by atoms with Crippen molar-refractivity contribution in [3.8, 4) is 0 Å². The largest absolute Gasteiger partial charge is 0.436 e. The molecule has 0 saturated heterocycles. The molecule has 0 aliphatic rings. The third-order valence-electron chi connectivity index (χ3n) is 2.53. The maximum absolute atomic E-state index is 11.6.